The minimum absolute atomic E-state index is 0.139. The molecule has 0 unspecified atom stereocenters. The first-order valence-electron chi connectivity index (χ1n) is 5.09. The van der Waals surface area contributed by atoms with Crippen molar-refractivity contribution in [2.45, 2.75) is 13.8 Å². The molecule has 0 saturated heterocycles. The van der Waals surface area contributed by atoms with Crippen molar-refractivity contribution in [1.82, 2.24) is 4.98 Å². The van der Waals surface area contributed by atoms with E-state index in [0.717, 1.165) is 0 Å². The van der Waals surface area contributed by atoms with Gasteiger partial charge in [0.15, 0.2) is 5.69 Å². The van der Waals surface area contributed by atoms with Crippen LogP contribution in [0.15, 0.2) is 16.7 Å². The molecule has 0 spiro atoms. The summed E-state index contributed by atoms with van der Waals surface area (Å²) in [6.07, 6.45) is 1.29. The smallest absolute Gasteiger partial charge is 0.358 e. The van der Waals surface area contributed by atoms with Crippen LogP contribution in [-0.2, 0) is 9.47 Å². The van der Waals surface area contributed by atoms with E-state index in [4.69, 9.17) is 9.47 Å². The number of carbonyl (C=O) groups excluding carboxylic acids is 2. The Hall–Kier alpha value is -1.43. The Morgan fingerprint density at radius 1 is 1.24 bits per heavy atom. The molecule has 1 aromatic rings. The average molecular weight is 302 g/mol. The van der Waals surface area contributed by atoms with Crippen molar-refractivity contribution < 1.29 is 19.1 Å². The van der Waals surface area contributed by atoms with Crippen LogP contribution in [0.3, 0.4) is 0 Å². The number of halogens is 1. The molecule has 0 amide bonds. The Kier molecular flexibility index (Phi) is 5.09. The highest BCUT2D eigenvalue weighted by Crippen LogP contribution is 2.17. The predicted molar refractivity (Wildman–Crippen MR) is 63.9 cm³/mol. The Morgan fingerprint density at radius 3 is 2.35 bits per heavy atom. The fourth-order valence-electron chi connectivity index (χ4n) is 1.11. The van der Waals surface area contributed by atoms with Gasteiger partial charge in [0.2, 0.25) is 0 Å². The van der Waals surface area contributed by atoms with E-state index in [1.807, 2.05) is 0 Å². The summed E-state index contributed by atoms with van der Waals surface area (Å²) in [5, 5.41) is 0. The molecule has 6 heteroatoms. The van der Waals surface area contributed by atoms with Gasteiger partial charge < -0.3 is 9.47 Å². The van der Waals surface area contributed by atoms with Crippen molar-refractivity contribution in [1.29, 1.82) is 0 Å². The largest absolute Gasteiger partial charge is 0.462 e. The molecule has 0 aliphatic carbocycles. The molecule has 0 aliphatic rings. The van der Waals surface area contributed by atoms with Gasteiger partial charge in [-0.1, -0.05) is 0 Å². The molecule has 0 aromatic carbocycles. The van der Waals surface area contributed by atoms with E-state index >= 15 is 0 Å². The van der Waals surface area contributed by atoms with Gasteiger partial charge in [0, 0.05) is 6.20 Å². The normalized spacial score (nSPS) is 9.82. The quantitative estimate of drug-likeness (QED) is 0.798. The van der Waals surface area contributed by atoms with Crippen LogP contribution in [-0.4, -0.2) is 30.1 Å². The third-order valence-corrected chi connectivity index (χ3v) is 2.43. The van der Waals surface area contributed by atoms with E-state index in [1.54, 1.807) is 13.8 Å². The fourth-order valence-corrected chi connectivity index (χ4v) is 1.62. The van der Waals surface area contributed by atoms with Crippen molar-refractivity contribution in [2.75, 3.05) is 13.2 Å². The SMILES string of the molecule is CCOC(=O)c1cnc(C(=O)OCC)c(Br)c1. The van der Waals surface area contributed by atoms with Crippen LogP contribution in [0.1, 0.15) is 34.7 Å². The Labute approximate surface area is 107 Å². The number of carbonyl (C=O) groups is 2. The van der Waals surface area contributed by atoms with Crippen LogP contribution < -0.4 is 0 Å². The molecule has 0 saturated carbocycles. The lowest BCUT2D eigenvalue weighted by molar-refractivity contribution is 0.0504. The topological polar surface area (TPSA) is 65.5 Å². The molecule has 17 heavy (non-hydrogen) atoms. The number of rotatable bonds is 4. The zero-order chi connectivity index (χ0) is 12.8. The lowest BCUT2D eigenvalue weighted by Crippen LogP contribution is -2.11. The van der Waals surface area contributed by atoms with Gasteiger partial charge >= 0.3 is 11.9 Å². The maximum atomic E-state index is 11.4. The lowest BCUT2D eigenvalue weighted by Gasteiger charge is -2.05. The van der Waals surface area contributed by atoms with E-state index in [2.05, 4.69) is 20.9 Å². The first-order chi connectivity index (χ1) is 8.10. The number of hydrogen-bond donors (Lipinski definition) is 0. The molecule has 1 heterocycles. The second kappa shape index (κ2) is 6.34. The van der Waals surface area contributed by atoms with E-state index in [-0.39, 0.29) is 24.5 Å². The molecule has 0 atom stereocenters. The highest BCUT2D eigenvalue weighted by atomic mass is 79.9. The molecular formula is C11H12BrNO4. The number of pyridine rings is 1. The Morgan fingerprint density at radius 2 is 1.82 bits per heavy atom. The lowest BCUT2D eigenvalue weighted by atomic mass is 10.2. The summed E-state index contributed by atoms with van der Waals surface area (Å²) in [5.74, 6) is -1.01. The second-order valence-corrected chi connectivity index (χ2v) is 3.85. The van der Waals surface area contributed by atoms with Crippen molar-refractivity contribution in [3.8, 4) is 0 Å². The molecular weight excluding hydrogens is 290 g/mol. The monoisotopic (exact) mass is 301 g/mol. The number of aromatic nitrogens is 1. The molecule has 92 valence electrons. The summed E-state index contributed by atoms with van der Waals surface area (Å²) in [6.45, 7) is 3.98. The van der Waals surface area contributed by atoms with E-state index in [9.17, 15) is 9.59 Å². The molecule has 0 bridgehead atoms. The van der Waals surface area contributed by atoms with E-state index in [0.29, 0.717) is 4.47 Å². The van der Waals surface area contributed by atoms with Crippen LogP contribution in [0.25, 0.3) is 0 Å². The van der Waals surface area contributed by atoms with Gasteiger partial charge in [-0.15, -0.1) is 0 Å². The van der Waals surface area contributed by atoms with Crippen LogP contribution in [0.5, 0.6) is 0 Å². The predicted octanol–water partition coefficient (Wildman–Crippen LogP) is 2.20. The van der Waals surface area contributed by atoms with E-state index in [1.165, 1.54) is 12.3 Å². The standard InChI is InChI=1S/C11H12BrNO4/c1-3-16-10(14)7-5-8(12)9(13-6-7)11(15)17-4-2/h5-6H,3-4H2,1-2H3. The summed E-state index contributed by atoms with van der Waals surface area (Å²) in [5.41, 5.74) is 0.423. The molecule has 0 radical (unpaired) electrons. The van der Waals surface area contributed by atoms with Gasteiger partial charge in [-0.25, -0.2) is 14.6 Å². The van der Waals surface area contributed by atoms with Gasteiger partial charge in [0.25, 0.3) is 0 Å². The fraction of sp³-hybridized carbons (Fsp3) is 0.364. The summed E-state index contributed by atoms with van der Waals surface area (Å²) in [6, 6.07) is 1.48. The number of hydrogen-bond acceptors (Lipinski definition) is 5. The molecule has 5 nitrogen and oxygen atoms in total. The summed E-state index contributed by atoms with van der Waals surface area (Å²) >= 11 is 3.17. The number of esters is 2. The highest BCUT2D eigenvalue weighted by Gasteiger charge is 2.16. The van der Waals surface area contributed by atoms with E-state index < -0.39 is 11.9 Å². The number of nitrogens with zero attached hydrogens (tertiary/aromatic N) is 1. The van der Waals surface area contributed by atoms with Crippen molar-refractivity contribution in [2.24, 2.45) is 0 Å². The summed E-state index contributed by atoms with van der Waals surface area (Å²) in [4.78, 5) is 26.7. The minimum atomic E-state index is -0.533. The van der Waals surface area contributed by atoms with Crippen LogP contribution in [0.2, 0.25) is 0 Å². The van der Waals surface area contributed by atoms with Gasteiger partial charge in [-0.3, -0.25) is 0 Å². The second-order valence-electron chi connectivity index (χ2n) is 3.00. The molecule has 0 aliphatic heterocycles. The summed E-state index contributed by atoms with van der Waals surface area (Å²) < 4.78 is 10.0. The third kappa shape index (κ3) is 3.52. The Balaban J connectivity index is 2.93. The first-order valence-corrected chi connectivity index (χ1v) is 5.89. The van der Waals surface area contributed by atoms with Gasteiger partial charge in [0.1, 0.15) is 0 Å². The Bertz CT molecular complexity index is 433. The van der Waals surface area contributed by atoms with Crippen LogP contribution >= 0.6 is 15.9 Å². The van der Waals surface area contributed by atoms with Crippen molar-refractivity contribution in [3.05, 3.63) is 28.0 Å². The van der Waals surface area contributed by atoms with Gasteiger partial charge in [-0.2, -0.15) is 0 Å². The van der Waals surface area contributed by atoms with Crippen molar-refractivity contribution >= 4 is 27.9 Å². The maximum absolute atomic E-state index is 11.4. The highest BCUT2D eigenvalue weighted by molar-refractivity contribution is 9.10. The van der Waals surface area contributed by atoms with Crippen LogP contribution in [0.4, 0.5) is 0 Å². The minimum Gasteiger partial charge on any atom is -0.462 e. The maximum Gasteiger partial charge on any atom is 0.358 e. The molecule has 1 rings (SSSR count). The van der Waals surface area contributed by atoms with Crippen LogP contribution in [0, 0.1) is 0 Å². The third-order valence-electron chi connectivity index (χ3n) is 1.82. The average Bonchev–Trinajstić information content (AvgIpc) is 2.29. The zero-order valence-electron chi connectivity index (χ0n) is 9.53. The van der Waals surface area contributed by atoms with Gasteiger partial charge in [0.05, 0.1) is 23.2 Å². The van der Waals surface area contributed by atoms with Crippen molar-refractivity contribution in [3.63, 3.8) is 0 Å². The first kappa shape index (κ1) is 13.6. The molecule has 0 N–H and O–H groups in total. The van der Waals surface area contributed by atoms with Gasteiger partial charge in [-0.05, 0) is 35.8 Å². The summed E-state index contributed by atoms with van der Waals surface area (Å²) in [7, 11) is 0. The number of ether oxygens (including phenoxy) is 2. The molecule has 0 fully saturated rings. The molecule has 1 aromatic heterocycles. The zero-order valence-corrected chi connectivity index (χ0v) is 11.1.